The van der Waals surface area contributed by atoms with Crippen LogP contribution in [0.25, 0.3) is 0 Å². The van der Waals surface area contributed by atoms with E-state index in [2.05, 4.69) is 31.2 Å². The van der Waals surface area contributed by atoms with Crippen LogP contribution in [0.5, 0.6) is 0 Å². The van der Waals surface area contributed by atoms with Crippen molar-refractivity contribution in [3.05, 3.63) is 0 Å². The molecule has 2 unspecified atom stereocenters. The van der Waals surface area contributed by atoms with E-state index in [4.69, 9.17) is 21.0 Å². The molecule has 0 N–H and O–H groups in total. The minimum Gasteiger partial charge on any atom is -0.198 e. The standard InChI is InChI=1S/C19H31N4P3/c1-2-11-24(12-3-7-20)16-18-26(15-6-10-23)19-17-25(13-4-8-21)14-5-9-22/h2-6,11-19H2,1H3. The van der Waals surface area contributed by atoms with Gasteiger partial charge in [-0.05, 0) is 55.5 Å². The van der Waals surface area contributed by atoms with Crippen molar-refractivity contribution in [1.29, 1.82) is 21.0 Å². The second kappa shape index (κ2) is 19.0. The maximum Gasteiger partial charge on any atom is 0.0625 e. The van der Waals surface area contributed by atoms with Crippen LogP contribution in [0.4, 0.5) is 0 Å². The van der Waals surface area contributed by atoms with Gasteiger partial charge in [-0.25, -0.2) is 0 Å². The first-order valence-electron chi connectivity index (χ1n) is 9.36. The van der Waals surface area contributed by atoms with Crippen molar-refractivity contribution in [2.75, 3.05) is 55.5 Å². The topological polar surface area (TPSA) is 95.2 Å². The van der Waals surface area contributed by atoms with Crippen molar-refractivity contribution < 1.29 is 0 Å². The molecule has 142 valence electrons. The fourth-order valence-electron chi connectivity index (χ4n) is 2.72. The van der Waals surface area contributed by atoms with Gasteiger partial charge in [-0.1, -0.05) is 13.3 Å². The zero-order valence-corrected chi connectivity index (χ0v) is 18.7. The Morgan fingerprint density at radius 3 is 1.00 bits per heavy atom. The number of hydrogen-bond acceptors (Lipinski definition) is 4. The first kappa shape index (κ1) is 25.2. The fraction of sp³-hybridized carbons (Fsp3) is 0.789. The van der Waals surface area contributed by atoms with Gasteiger partial charge in [-0.3, -0.25) is 0 Å². The Kier molecular flexibility index (Phi) is 18.5. The highest BCUT2D eigenvalue weighted by Crippen LogP contribution is 2.47. The van der Waals surface area contributed by atoms with Gasteiger partial charge in [0.25, 0.3) is 0 Å². The third kappa shape index (κ3) is 14.4. The second-order valence-electron chi connectivity index (χ2n) is 6.16. The Morgan fingerprint density at radius 2 is 0.731 bits per heavy atom. The molecule has 0 aromatic rings. The summed E-state index contributed by atoms with van der Waals surface area (Å²) in [5.41, 5.74) is 0. The predicted molar refractivity (Wildman–Crippen MR) is 116 cm³/mol. The van der Waals surface area contributed by atoms with E-state index in [0.29, 0.717) is 25.7 Å². The lowest BCUT2D eigenvalue weighted by Crippen LogP contribution is -2.05. The van der Waals surface area contributed by atoms with Gasteiger partial charge in [0.1, 0.15) is 0 Å². The maximum absolute atomic E-state index is 8.96. The van der Waals surface area contributed by atoms with E-state index in [1.165, 1.54) is 31.1 Å². The SMILES string of the molecule is CCCP(CCC#N)CCP(CCC#N)CCP(CCC#N)CCC#N. The van der Waals surface area contributed by atoms with E-state index in [1.807, 2.05) is 0 Å². The van der Waals surface area contributed by atoms with Crippen LogP contribution in [-0.2, 0) is 0 Å². The lowest BCUT2D eigenvalue weighted by Gasteiger charge is -2.23. The highest BCUT2D eigenvalue weighted by Gasteiger charge is 2.15. The fourth-order valence-corrected chi connectivity index (χ4v) is 11.6. The molecule has 0 aromatic carbocycles. The average Bonchev–Trinajstić information content (AvgIpc) is 2.66. The predicted octanol–water partition coefficient (Wildman–Crippen LogP) is 5.50. The molecule has 0 rings (SSSR count). The molecule has 0 bridgehead atoms. The minimum absolute atomic E-state index is 0.0289. The summed E-state index contributed by atoms with van der Waals surface area (Å²) in [6.07, 6.45) is 13.8. The Morgan fingerprint density at radius 1 is 0.462 bits per heavy atom. The highest BCUT2D eigenvalue weighted by atomic mass is 31.1. The van der Waals surface area contributed by atoms with Gasteiger partial charge in [0.05, 0.1) is 24.3 Å². The van der Waals surface area contributed by atoms with E-state index < -0.39 is 0 Å². The van der Waals surface area contributed by atoms with Crippen molar-refractivity contribution in [2.45, 2.75) is 39.0 Å². The molecule has 0 saturated heterocycles. The number of hydrogen-bond donors (Lipinski definition) is 0. The summed E-state index contributed by atoms with van der Waals surface area (Å²) in [5, 5.41) is 35.5. The van der Waals surface area contributed by atoms with E-state index in [-0.39, 0.29) is 23.8 Å². The van der Waals surface area contributed by atoms with Crippen molar-refractivity contribution >= 4 is 23.8 Å². The maximum atomic E-state index is 8.96. The van der Waals surface area contributed by atoms with Gasteiger partial charge >= 0.3 is 0 Å². The molecule has 2 atom stereocenters. The molecule has 0 saturated carbocycles. The molecule has 4 nitrogen and oxygen atoms in total. The van der Waals surface area contributed by atoms with Crippen LogP contribution in [0.15, 0.2) is 0 Å². The molecular formula is C19H31N4P3. The van der Waals surface area contributed by atoms with Gasteiger partial charge in [0.2, 0.25) is 0 Å². The smallest absolute Gasteiger partial charge is 0.0625 e. The van der Waals surface area contributed by atoms with Crippen molar-refractivity contribution in [1.82, 2.24) is 0 Å². The van der Waals surface area contributed by atoms with Gasteiger partial charge < -0.3 is 0 Å². The number of nitrogens with zero attached hydrogens (tertiary/aromatic N) is 4. The first-order chi connectivity index (χ1) is 12.7. The summed E-state index contributed by atoms with van der Waals surface area (Å²) in [4.78, 5) is 0. The van der Waals surface area contributed by atoms with Gasteiger partial charge in [-0.2, -0.15) is 21.0 Å². The third-order valence-corrected chi connectivity index (χ3v) is 12.8. The summed E-state index contributed by atoms with van der Waals surface area (Å²) >= 11 is 0. The number of nitriles is 4. The summed E-state index contributed by atoms with van der Waals surface area (Å²) in [6.45, 7) is 2.22. The molecule has 0 amide bonds. The molecular weight excluding hydrogens is 377 g/mol. The Hall–Kier alpha value is -0.750. The van der Waals surface area contributed by atoms with Crippen molar-refractivity contribution in [2.24, 2.45) is 0 Å². The van der Waals surface area contributed by atoms with Crippen molar-refractivity contribution in [3.8, 4) is 24.3 Å². The van der Waals surface area contributed by atoms with Crippen LogP contribution >= 0.6 is 23.8 Å². The molecule has 0 aliphatic carbocycles. The van der Waals surface area contributed by atoms with Crippen LogP contribution in [-0.4, -0.2) is 55.5 Å². The van der Waals surface area contributed by atoms with Crippen LogP contribution in [0.3, 0.4) is 0 Å². The molecule has 0 spiro atoms. The van der Waals surface area contributed by atoms with Gasteiger partial charge in [-0.15, -0.1) is 23.8 Å². The van der Waals surface area contributed by atoms with Crippen LogP contribution in [0, 0.1) is 45.3 Å². The van der Waals surface area contributed by atoms with E-state index in [9.17, 15) is 0 Å². The van der Waals surface area contributed by atoms with E-state index >= 15 is 0 Å². The molecule has 0 aliphatic heterocycles. The molecule has 0 aliphatic rings. The highest BCUT2D eigenvalue weighted by molar-refractivity contribution is 7.63. The van der Waals surface area contributed by atoms with Crippen LogP contribution in [0.2, 0.25) is 0 Å². The minimum atomic E-state index is -0.212. The first-order valence-corrected chi connectivity index (χ1v) is 15.1. The zero-order valence-electron chi connectivity index (χ0n) is 16.0. The van der Waals surface area contributed by atoms with Gasteiger partial charge in [0, 0.05) is 25.7 Å². The molecule has 26 heavy (non-hydrogen) atoms. The zero-order chi connectivity index (χ0) is 19.5. The molecule has 0 heterocycles. The normalized spacial score (nSPS) is 12.5. The average molecular weight is 408 g/mol. The lowest BCUT2D eigenvalue weighted by molar-refractivity contribution is 1.08. The Bertz CT molecular complexity index is 495. The largest absolute Gasteiger partial charge is 0.198 e. The molecule has 0 aromatic heterocycles. The Balaban J connectivity index is 4.55. The lowest BCUT2D eigenvalue weighted by atomic mass is 10.5. The van der Waals surface area contributed by atoms with Crippen LogP contribution in [0.1, 0.15) is 39.0 Å². The summed E-state index contributed by atoms with van der Waals surface area (Å²) in [6, 6.07) is 9.07. The summed E-state index contributed by atoms with van der Waals surface area (Å²) in [7, 11) is -0.367. The Labute approximate surface area is 163 Å². The summed E-state index contributed by atoms with van der Waals surface area (Å²) < 4.78 is 0. The molecule has 0 radical (unpaired) electrons. The monoisotopic (exact) mass is 408 g/mol. The van der Waals surface area contributed by atoms with E-state index in [1.54, 1.807) is 0 Å². The van der Waals surface area contributed by atoms with Crippen molar-refractivity contribution in [3.63, 3.8) is 0 Å². The number of rotatable bonds is 16. The molecule has 7 heteroatoms. The quantitative estimate of drug-likeness (QED) is 0.315. The van der Waals surface area contributed by atoms with E-state index in [0.717, 1.165) is 30.8 Å². The molecule has 0 fully saturated rings. The van der Waals surface area contributed by atoms with Crippen LogP contribution < -0.4 is 0 Å². The summed E-state index contributed by atoms with van der Waals surface area (Å²) in [5.74, 6) is 0. The second-order valence-corrected chi connectivity index (χ2v) is 14.2. The third-order valence-electron chi connectivity index (χ3n) is 4.16. The van der Waals surface area contributed by atoms with Gasteiger partial charge in [0.15, 0.2) is 0 Å².